The Morgan fingerprint density at radius 1 is 1.38 bits per heavy atom. The molecule has 1 heterocycles. The van der Waals surface area contributed by atoms with Crippen molar-refractivity contribution < 1.29 is 19.4 Å². The molecule has 2 rings (SSSR count). The molecule has 1 aromatic heterocycles. The van der Waals surface area contributed by atoms with Gasteiger partial charge in [-0.25, -0.2) is 4.68 Å². The molecule has 24 heavy (non-hydrogen) atoms. The number of benzene rings is 1. The smallest absolute Gasteiger partial charge is 0.323 e. The summed E-state index contributed by atoms with van der Waals surface area (Å²) < 4.78 is 6.44. The third-order valence-electron chi connectivity index (χ3n) is 3.38. The van der Waals surface area contributed by atoms with Crippen LogP contribution in [0.3, 0.4) is 0 Å². The van der Waals surface area contributed by atoms with E-state index in [0.717, 1.165) is 0 Å². The molecule has 0 fully saturated rings. The molecule has 0 aliphatic rings. The second kappa shape index (κ2) is 7.94. The number of ether oxygens (including phenoxy) is 1. The van der Waals surface area contributed by atoms with Crippen LogP contribution < -0.4 is 0 Å². The molecule has 1 N–H and O–H groups in total. The first-order valence-corrected chi connectivity index (χ1v) is 7.63. The van der Waals surface area contributed by atoms with E-state index in [2.05, 4.69) is 5.10 Å². The summed E-state index contributed by atoms with van der Waals surface area (Å²) in [6.07, 6.45) is 1.68. The van der Waals surface area contributed by atoms with Gasteiger partial charge in [-0.3, -0.25) is 9.59 Å². The SMILES string of the molecule is COCCN(CC(=O)O)C(=O)c1nn(-c2ccccc2Cl)cc1C. The molecular weight excluding hydrogens is 334 g/mol. The highest BCUT2D eigenvalue weighted by molar-refractivity contribution is 6.32. The summed E-state index contributed by atoms with van der Waals surface area (Å²) in [7, 11) is 1.49. The number of hydrogen-bond donors (Lipinski definition) is 1. The van der Waals surface area contributed by atoms with Gasteiger partial charge in [0.2, 0.25) is 0 Å². The molecule has 0 aliphatic carbocycles. The number of carboxylic acids is 1. The Morgan fingerprint density at radius 3 is 2.71 bits per heavy atom. The van der Waals surface area contributed by atoms with Gasteiger partial charge >= 0.3 is 5.97 Å². The Labute approximate surface area is 144 Å². The number of amides is 1. The minimum atomic E-state index is -1.09. The fraction of sp³-hybridized carbons (Fsp3) is 0.312. The summed E-state index contributed by atoms with van der Waals surface area (Å²) in [6, 6.07) is 7.12. The molecule has 0 unspecified atom stereocenters. The molecule has 0 saturated heterocycles. The van der Waals surface area contributed by atoms with Crippen molar-refractivity contribution in [3.63, 3.8) is 0 Å². The maximum absolute atomic E-state index is 12.6. The number of nitrogens with zero attached hydrogens (tertiary/aromatic N) is 3. The predicted molar refractivity (Wildman–Crippen MR) is 88.7 cm³/mol. The van der Waals surface area contributed by atoms with E-state index in [9.17, 15) is 9.59 Å². The molecule has 1 amide bonds. The first-order valence-electron chi connectivity index (χ1n) is 7.25. The lowest BCUT2D eigenvalue weighted by Gasteiger charge is -2.19. The lowest BCUT2D eigenvalue weighted by atomic mass is 10.2. The zero-order valence-corrected chi connectivity index (χ0v) is 14.2. The highest BCUT2D eigenvalue weighted by Gasteiger charge is 2.23. The topological polar surface area (TPSA) is 84.7 Å². The van der Waals surface area contributed by atoms with E-state index in [-0.39, 0.29) is 18.8 Å². The molecule has 0 spiro atoms. The number of halogens is 1. The molecule has 0 bridgehead atoms. The molecule has 0 radical (unpaired) electrons. The van der Waals surface area contributed by atoms with Crippen LogP contribution in [0.4, 0.5) is 0 Å². The molecule has 8 heteroatoms. The first-order chi connectivity index (χ1) is 11.4. The van der Waals surface area contributed by atoms with Crippen molar-refractivity contribution in [3.8, 4) is 5.69 Å². The van der Waals surface area contributed by atoms with E-state index < -0.39 is 18.4 Å². The number of aromatic nitrogens is 2. The van der Waals surface area contributed by atoms with Crippen LogP contribution in [0, 0.1) is 6.92 Å². The number of para-hydroxylation sites is 1. The molecule has 128 valence electrons. The Morgan fingerprint density at radius 2 is 2.08 bits per heavy atom. The number of methoxy groups -OCH3 is 1. The number of carbonyl (C=O) groups is 2. The Kier molecular flexibility index (Phi) is 5.94. The van der Waals surface area contributed by atoms with Crippen LogP contribution in [-0.2, 0) is 9.53 Å². The minimum Gasteiger partial charge on any atom is -0.480 e. The largest absolute Gasteiger partial charge is 0.480 e. The molecular formula is C16H18ClN3O4. The van der Waals surface area contributed by atoms with Crippen molar-refractivity contribution in [2.45, 2.75) is 6.92 Å². The van der Waals surface area contributed by atoms with Gasteiger partial charge in [-0.15, -0.1) is 0 Å². The monoisotopic (exact) mass is 351 g/mol. The van der Waals surface area contributed by atoms with Gasteiger partial charge in [0.1, 0.15) is 6.54 Å². The molecule has 2 aromatic rings. The van der Waals surface area contributed by atoms with Crippen LogP contribution in [0.2, 0.25) is 5.02 Å². The third-order valence-corrected chi connectivity index (χ3v) is 3.70. The number of rotatable bonds is 7. The summed E-state index contributed by atoms with van der Waals surface area (Å²) in [5, 5.41) is 13.8. The van der Waals surface area contributed by atoms with E-state index in [4.69, 9.17) is 21.4 Å². The van der Waals surface area contributed by atoms with E-state index in [1.807, 2.05) is 6.07 Å². The van der Waals surface area contributed by atoms with Gasteiger partial charge in [-0.1, -0.05) is 23.7 Å². The van der Waals surface area contributed by atoms with E-state index >= 15 is 0 Å². The first kappa shape index (κ1) is 18.0. The fourth-order valence-electron chi connectivity index (χ4n) is 2.20. The number of aliphatic carboxylic acids is 1. The van der Waals surface area contributed by atoms with Gasteiger partial charge in [-0.05, 0) is 19.1 Å². The third kappa shape index (κ3) is 4.12. The van der Waals surface area contributed by atoms with Crippen molar-refractivity contribution in [2.75, 3.05) is 26.8 Å². The summed E-state index contributed by atoms with van der Waals surface area (Å²) in [4.78, 5) is 24.8. The van der Waals surface area contributed by atoms with Crippen LogP contribution in [0.15, 0.2) is 30.5 Å². The van der Waals surface area contributed by atoms with Gasteiger partial charge in [0.15, 0.2) is 5.69 Å². The second-order valence-electron chi connectivity index (χ2n) is 5.17. The fourth-order valence-corrected chi connectivity index (χ4v) is 2.42. The van der Waals surface area contributed by atoms with Crippen molar-refractivity contribution in [3.05, 3.63) is 46.7 Å². The van der Waals surface area contributed by atoms with E-state index in [1.165, 1.54) is 16.7 Å². The van der Waals surface area contributed by atoms with E-state index in [1.54, 1.807) is 31.3 Å². The van der Waals surface area contributed by atoms with Crippen LogP contribution in [-0.4, -0.2) is 58.5 Å². The van der Waals surface area contributed by atoms with E-state index in [0.29, 0.717) is 16.3 Å². The van der Waals surface area contributed by atoms with Gasteiger partial charge in [0, 0.05) is 25.4 Å². The molecule has 0 aliphatic heterocycles. The molecule has 7 nitrogen and oxygen atoms in total. The normalized spacial score (nSPS) is 10.6. The second-order valence-corrected chi connectivity index (χ2v) is 5.58. The molecule has 0 atom stereocenters. The highest BCUT2D eigenvalue weighted by atomic mass is 35.5. The zero-order valence-electron chi connectivity index (χ0n) is 13.4. The van der Waals surface area contributed by atoms with Crippen LogP contribution >= 0.6 is 11.6 Å². The average molecular weight is 352 g/mol. The zero-order chi connectivity index (χ0) is 17.7. The van der Waals surface area contributed by atoms with Gasteiger partial charge in [-0.2, -0.15) is 5.10 Å². The number of carbonyl (C=O) groups excluding carboxylic acids is 1. The summed E-state index contributed by atoms with van der Waals surface area (Å²) in [5.74, 6) is -1.56. The summed E-state index contributed by atoms with van der Waals surface area (Å²) >= 11 is 6.15. The minimum absolute atomic E-state index is 0.167. The number of carboxylic acid groups (broad SMARTS) is 1. The summed E-state index contributed by atoms with van der Waals surface area (Å²) in [5.41, 5.74) is 1.46. The van der Waals surface area contributed by atoms with Crippen LogP contribution in [0.25, 0.3) is 5.69 Å². The molecule has 1 aromatic carbocycles. The maximum Gasteiger partial charge on any atom is 0.323 e. The predicted octanol–water partition coefficient (Wildman–Crippen LogP) is 2.01. The average Bonchev–Trinajstić information content (AvgIpc) is 2.92. The van der Waals surface area contributed by atoms with Crippen LogP contribution in [0.5, 0.6) is 0 Å². The maximum atomic E-state index is 12.6. The summed E-state index contributed by atoms with van der Waals surface area (Å²) in [6.45, 7) is 1.73. The quantitative estimate of drug-likeness (QED) is 0.824. The Hall–Kier alpha value is -2.38. The standard InChI is InChI=1S/C16H18ClN3O4/c1-11-9-20(13-6-4-3-5-12(13)17)18-15(11)16(23)19(7-8-24-2)10-14(21)22/h3-6,9H,7-8,10H2,1-2H3,(H,21,22). The molecule has 0 saturated carbocycles. The van der Waals surface area contributed by atoms with Crippen LogP contribution in [0.1, 0.15) is 16.1 Å². The lowest BCUT2D eigenvalue weighted by Crippen LogP contribution is -2.38. The van der Waals surface area contributed by atoms with Gasteiger partial charge in [0.05, 0.1) is 17.3 Å². The van der Waals surface area contributed by atoms with Crippen molar-refractivity contribution in [2.24, 2.45) is 0 Å². The van der Waals surface area contributed by atoms with Gasteiger partial charge < -0.3 is 14.7 Å². The lowest BCUT2D eigenvalue weighted by molar-refractivity contribution is -0.137. The van der Waals surface area contributed by atoms with Gasteiger partial charge in [0.25, 0.3) is 5.91 Å². The Balaban J connectivity index is 2.32. The number of hydrogen-bond acceptors (Lipinski definition) is 4. The number of aryl methyl sites for hydroxylation is 1. The Bertz CT molecular complexity index is 745. The highest BCUT2D eigenvalue weighted by Crippen LogP contribution is 2.21. The van der Waals surface area contributed by atoms with Crippen molar-refractivity contribution in [1.82, 2.24) is 14.7 Å². The van der Waals surface area contributed by atoms with Crippen molar-refractivity contribution >= 4 is 23.5 Å². The van der Waals surface area contributed by atoms with Crippen molar-refractivity contribution in [1.29, 1.82) is 0 Å².